The van der Waals surface area contributed by atoms with E-state index in [0.29, 0.717) is 24.2 Å². The third-order valence-electron chi connectivity index (χ3n) is 3.69. The van der Waals surface area contributed by atoms with E-state index < -0.39 is 11.2 Å². The summed E-state index contributed by atoms with van der Waals surface area (Å²) < 4.78 is 1.41. The van der Waals surface area contributed by atoms with E-state index >= 15 is 0 Å². The number of nitrogen functional groups attached to an aromatic ring is 1. The molecule has 7 nitrogen and oxygen atoms in total. The second-order valence-electron chi connectivity index (χ2n) is 5.47. The molecule has 1 saturated carbocycles. The van der Waals surface area contributed by atoms with Crippen LogP contribution in [0.25, 0.3) is 0 Å². The molecule has 0 radical (unpaired) electrons. The van der Waals surface area contributed by atoms with Gasteiger partial charge in [-0.15, -0.1) is 0 Å². The summed E-state index contributed by atoms with van der Waals surface area (Å²) in [5, 5.41) is 3.67. The Morgan fingerprint density at radius 1 is 1.45 bits per heavy atom. The quantitative estimate of drug-likeness (QED) is 0.669. The third-order valence-corrected chi connectivity index (χ3v) is 4.02. The van der Waals surface area contributed by atoms with E-state index in [-0.39, 0.29) is 11.5 Å². The van der Waals surface area contributed by atoms with Crippen molar-refractivity contribution in [2.45, 2.75) is 52.1 Å². The Balaban J connectivity index is 2.40. The van der Waals surface area contributed by atoms with Crippen LogP contribution in [0.1, 0.15) is 39.5 Å². The molecule has 1 fully saturated rings. The zero-order chi connectivity index (χ0) is 16.3. The van der Waals surface area contributed by atoms with Crippen LogP contribution in [-0.2, 0) is 6.54 Å². The lowest BCUT2D eigenvalue weighted by molar-refractivity contribution is 0.604. The number of hydrogen-bond acceptors (Lipinski definition) is 4. The average Bonchev–Trinajstić information content (AvgIpc) is 3.26. The highest BCUT2D eigenvalue weighted by atomic mass is 32.1. The Kier molecular flexibility index (Phi) is 5.23. The first-order chi connectivity index (χ1) is 10.5. The lowest BCUT2D eigenvalue weighted by atomic mass is 10.3. The Morgan fingerprint density at radius 2 is 2.14 bits per heavy atom. The largest absolute Gasteiger partial charge is 0.383 e. The monoisotopic (exact) mass is 325 g/mol. The predicted molar refractivity (Wildman–Crippen MR) is 92.4 cm³/mol. The lowest BCUT2D eigenvalue weighted by Gasteiger charge is -2.25. The van der Waals surface area contributed by atoms with E-state index in [2.05, 4.69) is 10.3 Å². The van der Waals surface area contributed by atoms with Gasteiger partial charge in [-0.3, -0.25) is 14.3 Å². The summed E-state index contributed by atoms with van der Waals surface area (Å²) in [6.07, 6.45) is 3.91. The Hall–Kier alpha value is -1.83. The number of H-pyrrole nitrogens is 1. The molecule has 1 heterocycles. The third kappa shape index (κ3) is 3.49. The van der Waals surface area contributed by atoms with Gasteiger partial charge >= 0.3 is 5.69 Å². The molecule has 22 heavy (non-hydrogen) atoms. The average molecular weight is 325 g/mol. The fourth-order valence-electron chi connectivity index (χ4n) is 2.26. The molecule has 1 aliphatic carbocycles. The van der Waals surface area contributed by atoms with Gasteiger partial charge in [-0.2, -0.15) is 0 Å². The van der Waals surface area contributed by atoms with Gasteiger partial charge in [-0.25, -0.2) is 4.79 Å². The smallest absolute Gasteiger partial charge is 0.330 e. The molecule has 0 saturated heterocycles. The molecular formula is C14H23N5O2S. The number of thiocarbonyl (C=S) groups is 1. The van der Waals surface area contributed by atoms with Gasteiger partial charge in [0.2, 0.25) is 0 Å². The van der Waals surface area contributed by atoms with E-state index in [0.717, 1.165) is 25.7 Å². The molecule has 0 bridgehead atoms. The van der Waals surface area contributed by atoms with Gasteiger partial charge < -0.3 is 16.0 Å². The first kappa shape index (κ1) is 16.5. The second kappa shape index (κ2) is 6.95. The molecule has 0 aliphatic heterocycles. The minimum Gasteiger partial charge on any atom is -0.383 e. The van der Waals surface area contributed by atoms with Crippen molar-refractivity contribution < 1.29 is 0 Å². The van der Waals surface area contributed by atoms with Gasteiger partial charge in [0.1, 0.15) is 5.82 Å². The molecule has 1 aromatic heterocycles. The molecule has 2 rings (SSSR count). The number of aromatic nitrogens is 2. The second-order valence-corrected chi connectivity index (χ2v) is 5.85. The minimum atomic E-state index is -0.503. The topological polar surface area (TPSA) is 96.2 Å². The molecule has 0 unspecified atom stereocenters. The zero-order valence-corrected chi connectivity index (χ0v) is 13.8. The van der Waals surface area contributed by atoms with Crippen molar-refractivity contribution >= 4 is 28.8 Å². The van der Waals surface area contributed by atoms with Crippen LogP contribution in [-0.4, -0.2) is 27.3 Å². The highest BCUT2D eigenvalue weighted by molar-refractivity contribution is 7.80. The number of nitrogens with two attached hydrogens (primary N) is 1. The minimum absolute atomic E-state index is 0.170. The molecule has 1 aliphatic rings. The van der Waals surface area contributed by atoms with Crippen molar-refractivity contribution in [2.24, 2.45) is 0 Å². The normalized spacial score (nSPS) is 13.9. The molecule has 4 N–H and O–H groups in total. The van der Waals surface area contributed by atoms with Crippen molar-refractivity contribution in [3.05, 3.63) is 20.8 Å². The first-order valence-electron chi connectivity index (χ1n) is 7.70. The maximum Gasteiger partial charge on any atom is 0.330 e. The van der Waals surface area contributed by atoms with Gasteiger partial charge in [-0.05, 0) is 38.4 Å². The molecule has 0 amide bonds. The number of nitrogens with one attached hydrogen (secondary N) is 2. The van der Waals surface area contributed by atoms with Crippen LogP contribution in [0.3, 0.4) is 0 Å². The fraction of sp³-hybridized carbons (Fsp3) is 0.643. The van der Waals surface area contributed by atoms with Crippen molar-refractivity contribution in [3.63, 3.8) is 0 Å². The SMILES string of the molecule is CCCCn1c(N)c(N(CC)C(=S)NC2CC2)c(=O)[nH]c1=O. The van der Waals surface area contributed by atoms with Crippen LogP contribution in [0.2, 0.25) is 0 Å². The fourth-order valence-corrected chi connectivity index (χ4v) is 2.65. The summed E-state index contributed by atoms with van der Waals surface area (Å²) in [4.78, 5) is 28.2. The maximum absolute atomic E-state index is 12.2. The van der Waals surface area contributed by atoms with Crippen molar-refractivity contribution in [3.8, 4) is 0 Å². The van der Waals surface area contributed by atoms with Crippen molar-refractivity contribution in [1.82, 2.24) is 14.9 Å². The van der Waals surface area contributed by atoms with Gasteiger partial charge in [0.25, 0.3) is 5.56 Å². The van der Waals surface area contributed by atoms with E-state index in [1.165, 1.54) is 4.57 Å². The molecule has 8 heteroatoms. The van der Waals surface area contributed by atoms with Gasteiger partial charge in [0.05, 0.1) is 0 Å². The van der Waals surface area contributed by atoms with E-state index in [4.69, 9.17) is 18.0 Å². The summed E-state index contributed by atoms with van der Waals surface area (Å²) in [6.45, 7) is 4.89. The number of aromatic amines is 1. The Morgan fingerprint density at radius 3 is 2.68 bits per heavy atom. The van der Waals surface area contributed by atoms with Crippen LogP contribution < -0.4 is 27.2 Å². The summed E-state index contributed by atoms with van der Waals surface area (Å²) in [5.41, 5.74) is 5.37. The molecule has 122 valence electrons. The highest BCUT2D eigenvalue weighted by Crippen LogP contribution is 2.21. The molecule has 0 spiro atoms. The summed E-state index contributed by atoms with van der Waals surface area (Å²) in [5.74, 6) is 0.170. The molecule has 1 aromatic rings. The van der Waals surface area contributed by atoms with Gasteiger partial charge in [0.15, 0.2) is 10.8 Å². The van der Waals surface area contributed by atoms with E-state index in [9.17, 15) is 9.59 Å². The predicted octanol–water partition coefficient (Wildman–Crippen LogP) is 0.782. The summed E-state index contributed by atoms with van der Waals surface area (Å²) >= 11 is 5.37. The number of unbranched alkanes of at least 4 members (excludes halogenated alkanes) is 1. The van der Waals surface area contributed by atoms with Gasteiger partial charge in [0, 0.05) is 19.1 Å². The van der Waals surface area contributed by atoms with E-state index in [1.54, 1.807) is 4.90 Å². The van der Waals surface area contributed by atoms with Crippen LogP contribution in [0, 0.1) is 0 Å². The number of rotatable bonds is 6. The summed E-state index contributed by atoms with van der Waals surface area (Å²) in [6, 6.07) is 0.382. The number of anilines is 2. The molecular weight excluding hydrogens is 302 g/mol. The van der Waals surface area contributed by atoms with Crippen molar-refractivity contribution in [2.75, 3.05) is 17.2 Å². The first-order valence-corrected chi connectivity index (χ1v) is 8.11. The van der Waals surface area contributed by atoms with Crippen LogP contribution in [0.4, 0.5) is 11.5 Å². The molecule has 0 aromatic carbocycles. The Labute approximate surface area is 134 Å². The highest BCUT2D eigenvalue weighted by Gasteiger charge is 2.26. The maximum atomic E-state index is 12.2. The summed E-state index contributed by atoms with van der Waals surface area (Å²) in [7, 11) is 0. The van der Waals surface area contributed by atoms with Gasteiger partial charge in [-0.1, -0.05) is 13.3 Å². The zero-order valence-electron chi connectivity index (χ0n) is 13.0. The standard InChI is InChI=1S/C14H23N5O2S/c1-3-5-8-19-11(15)10(12(20)17-13(19)21)18(4-2)14(22)16-9-6-7-9/h9H,3-8,15H2,1-2H3,(H,16,22)(H,17,20,21). The number of hydrogen-bond donors (Lipinski definition) is 3. The van der Waals surface area contributed by atoms with Crippen molar-refractivity contribution in [1.29, 1.82) is 0 Å². The van der Waals surface area contributed by atoms with Crippen LogP contribution in [0.5, 0.6) is 0 Å². The lowest BCUT2D eigenvalue weighted by Crippen LogP contribution is -2.45. The Bertz CT molecular complexity index is 662. The van der Waals surface area contributed by atoms with Crippen LogP contribution >= 0.6 is 12.2 Å². The molecule has 0 atom stereocenters. The van der Waals surface area contributed by atoms with Crippen LogP contribution in [0.15, 0.2) is 9.59 Å². The number of nitrogens with zero attached hydrogens (tertiary/aromatic N) is 2. The van der Waals surface area contributed by atoms with E-state index in [1.807, 2.05) is 13.8 Å².